The highest BCUT2D eigenvalue weighted by Gasteiger charge is 2.21. The van der Waals surface area contributed by atoms with Crippen molar-refractivity contribution in [3.05, 3.63) is 87.9 Å². The van der Waals surface area contributed by atoms with Crippen molar-refractivity contribution in [2.75, 3.05) is 26.2 Å². The molecule has 6 rings (SSSR count). The van der Waals surface area contributed by atoms with Gasteiger partial charge in [0, 0.05) is 54.2 Å². The van der Waals surface area contributed by atoms with Crippen molar-refractivity contribution in [3.63, 3.8) is 0 Å². The van der Waals surface area contributed by atoms with E-state index < -0.39 is 5.97 Å². The third kappa shape index (κ3) is 4.90. The predicted molar refractivity (Wildman–Crippen MR) is 150 cm³/mol. The largest absolute Gasteiger partial charge is 0.478 e. The zero-order valence-electron chi connectivity index (χ0n) is 20.8. The van der Waals surface area contributed by atoms with Gasteiger partial charge in [-0.3, -0.25) is 9.80 Å². The van der Waals surface area contributed by atoms with Crippen LogP contribution in [0.4, 0.5) is 0 Å². The van der Waals surface area contributed by atoms with Crippen molar-refractivity contribution in [1.29, 1.82) is 0 Å². The van der Waals surface area contributed by atoms with Crippen molar-refractivity contribution < 1.29 is 14.3 Å². The lowest BCUT2D eigenvalue weighted by atomic mass is 10.0. The van der Waals surface area contributed by atoms with Crippen LogP contribution in [0.25, 0.3) is 33.1 Å². The molecule has 0 atom stereocenters. The molecule has 3 heterocycles. The maximum atomic E-state index is 11.3. The number of benzene rings is 3. The van der Waals surface area contributed by atoms with E-state index in [4.69, 9.17) is 32.6 Å². The molecule has 1 aliphatic heterocycles. The third-order valence-corrected chi connectivity index (χ3v) is 7.79. The molecule has 1 fully saturated rings. The molecule has 9 heteroatoms. The maximum Gasteiger partial charge on any atom is 0.335 e. The van der Waals surface area contributed by atoms with Gasteiger partial charge in [-0.15, -0.1) is 0 Å². The van der Waals surface area contributed by atoms with E-state index in [9.17, 15) is 9.90 Å². The van der Waals surface area contributed by atoms with Gasteiger partial charge in [-0.2, -0.15) is 0 Å². The molecule has 194 valence electrons. The van der Waals surface area contributed by atoms with Crippen LogP contribution in [0.2, 0.25) is 10.0 Å². The van der Waals surface area contributed by atoms with E-state index >= 15 is 0 Å². The summed E-state index contributed by atoms with van der Waals surface area (Å²) < 4.78 is 8.21. The highest BCUT2D eigenvalue weighted by molar-refractivity contribution is 6.36. The first-order chi connectivity index (χ1) is 18.3. The minimum absolute atomic E-state index is 0.274. The van der Waals surface area contributed by atoms with Crippen LogP contribution in [0.1, 0.15) is 21.9 Å². The number of aromatic nitrogens is 2. The number of furan rings is 1. The van der Waals surface area contributed by atoms with E-state index in [0.717, 1.165) is 84.0 Å². The molecule has 0 bridgehead atoms. The fourth-order valence-electron chi connectivity index (χ4n) is 5.10. The van der Waals surface area contributed by atoms with Crippen molar-refractivity contribution in [2.24, 2.45) is 7.05 Å². The molecule has 1 aliphatic rings. The summed E-state index contributed by atoms with van der Waals surface area (Å²) in [4.78, 5) is 20.9. The van der Waals surface area contributed by atoms with Gasteiger partial charge in [0.2, 0.25) is 0 Å². The highest BCUT2D eigenvalue weighted by atomic mass is 35.5. The molecule has 0 aliphatic carbocycles. The first kappa shape index (κ1) is 24.9. The highest BCUT2D eigenvalue weighted by Crippen LogP contribution is 2.33. The molecule has 38 heavy (non-hydrogen) atoms. The van der Waals surface area contributed by atoms with E-state index in [1.54, 1.807) is 24.3 Å². The van der Waals surface area contributed by atoms with Crippen LogP contribution < -0.4 is 0 Å². The standard InChI is InChI=1S/C29H26Cl2N4O3/c1-33-26-13-20(29(36)37)4-7-25(26)32-28(33)17-35-10-8-34(9-11-35)16-22-12-19-3-2-18(14-27(19)38-22)23-6-5-21(30)15-24(23)31/h2-7,12-15H,8-11,16-17H2,1H3,(H,36,37). The van der Waals surface area contributed by atoms with E-state index in [1.165, 1.54) is 0 Å². The molecule has 1 N–H and O–H groups in total. The molecule has 0 unspecified atom stereocenters. The number of carboxylic acid groups (broad SMARTS) is 1. The summed E-state index contributed by atoms with van der Waals surface area (Å²) in [7, 11) is 1.94. The molecule has 0 saturated carbocycles. The fraction of sp³-hybridized carbons (Fsp3) is 0.241. The van der Waals surface area contributed by atoms with Crippen LogP contribution >= 0.6 is 23.2 Å². The van der Waals surface area contributed by atoms with Gasteiger partial charge in [-0.05, 0) is 48.0 Å². The van der Waals surface area contributed by atoms with Gasteiger partial charge in [0.15, 0.2) is 0 Å². The number of aryl methyl sites for hydroxylation is 1. The Morgan fingerprint density at radius 2 is 1.71 bits per heavy atom. The number of rotatable bonds is 6. The van der Waals surface area contributed by atoms with Crippen LogP contribution in [0.3, 0.4) is 0 Å². The Morgan fingerprint density at radius 3 is 2.45 bits per heavy atom. The van der Waals surface area contributed by atoms with Gasteiger partial charge >= 0.3 is 5.97 Å². The Hall–Kier alpha value is -3.36. The second-order valence-corrected chi connectivity index (χ2v) is 10.6. The van der Waals surface area contributed by atoms with Gasteiger partial charge in [-0.1, -0.05) is 41.4 Å². The Kier molecular flexibility index (Phi) is 6.61. The van der Waals surface area contributed by atoms with Gasteiger partial charge < -0.3 is 14.1 Å². The van der Waals surface area contributed by atoms with Gasteiger partial charge in [0.05, 0.1) is 29.7 Å². The second kappa shape index (κ2) is 10.1. The number of imidazole rings is 1. The van der Waals surface area contributed by atoms with Crippen LogP contribution in [0.15, 0.2) is 65.1 Å². The summed E-state index contributed by atoms with van der Waals surface area (Å²) in [5.74, 6) is 0.948. The van der Waals surface area contributed by atoms with Crippen molar-refractivity contribution in [1.82, 2.24) is 19.4 Å². The third-order valence-electron chi connectivity index (χ3n) is 7.24. The average Bonchev–Trinajstić information content (AvgIpc) is 3.44. The monoisotopic (exact) mass is 548 g/mol. The van der Waals surface area contributed by atoms with Crippen LogP contribution in [-0.4, -0.2) is 56.6 Å². The molecule has 0 spiro atoms. The Morgan fingerprint density at radius 1 is 0.947 bits per heavy atom. The number of fused-ring (bicyclic) bond motifs is 2. The molecular formula is C29H26Cl2N4O3. The first-order valence-electron chi connectivity index (χ1n) is 12.5. The van der Waals surface area contributed by atoms with Crippen LogP contribution in [0, 0.1) is 0 Å². The number of halogens is 2. The molecule has 2 aromatic heterocycles. The number of piperazine rings is 1. The summed E-state index contributed by atoms with van der Waals surface area (Å²) >= 11 is 12.5. The number of aromatic carboxylic acids is 1. The normalized spacial score (nSPS) is 15.0. The van der Waals surface area contributed by atoms with E-state index in [2.05, 4.69) is 28.0 Å². The number of carbonyl (C=O) groups is 1. The Bertz CT molecular complexity index is 1670. The molecule has 1 saturated heterocycles. The zero-order valence-corrected chi connectivity index (χ0v) is 22.3. The Labute approximate surface area is 229 Å². The summed E-state index contributed by atoms with van der Waals surface area (Å²) in [5, 5.41) is 11.6. The molecule has 3 aromatic carbocycles. The Balaban J connectivity index is 1.10. The SMILES string of the molecule is Cn1c(CN2CCN(Cc3cc4ccc(-c5ccc(Cl)cc5Cl)cc4o3)CC2)nc2ccc(C(=O)O)cc21. The topological polar surface area (TPSA) is 74.7 Å². The number of hydrogen-bond acceptors (Lipinski definition) is 5. The van der Waals surface area contributed by atoms with Gasteiger partial charge in [-0.25, -0.2) is 9.78 Å². The van der Waals surface area contributed by atoms with E-state index in [0.29, 0.717) is 10.0 Å². The smallest absolute Gasteiger partial charge is 0.335 e. The van der Waals surface area contributed by atoms with E-state index in [-0.39, 0.29) is 5.56 Å². The quantitative estimate of drug-likeness (QED) is 0.268. The van der Waals surface area contributed by atoms with Crippen LogP contribution in [0.5, 0.6) is 0 Å². The second-order valence-electron chi connectivity index (χ2n) is 9.74. The minimum atomic E-state index is -0.929. The molecule has 7 nitrogen and oxygen atoms in total. The maximum absolute atomic E-state index is 11.3. The zero-order chi connectivity index (χ0) is 26.4. The van der Waals surface area contributed by atoms with Crippen LogP contribution in [-0.2, 0) is 20.1 Å². The summed E-state index contributed by atoms with van der Waals surface area (Å²) in [6.07, 6.45) is 0. The van der Waals surface area contributed by atoms with Gasteiger partial charge in [0.1, 0.15) is 17.2 Å². The van der Waals surface area contributed by atoms with Gasteiger partial charge in [0.25, 0.3) is 0 Å². The lowest BCUT2D eigenvalue weighted by molar-refractivity contribution is 0.0697. The average molecular weight is 549 g/mol. The molecular weight excluding hydrogens is 523 g/mol. The lowest BCUT2D eigenvalue weighted by Gasteiger charge is -2.33. The molecule has 0 amide bonds. The predicted octanol–water partition coefficient (Wildman–Crippen LogP) is 6.31. The lowest BCUT2D eigenvalue weighted by Crippen LogP contribution is -2.45. The van der Waals surface area contributed by atoms with Crippen molar-refractivity contribution >= 4 is 51.2 Å². The molecule has 5 aromatic rings. The molecule has 0 radical (unpaired) electrons. The summed E-state index contributed by atoms with van der Waals surface area (Å²) in [6, 6.07) is 18.8. The fourth-order valence-corrected chi connectivity index (χ4v) is 5.61. The minimum Gasteiger partial charge on any atom is -0.478 e. The number of carboxylic acids is 1. The number of nitrogens with zero attached hydrogens (tertiary/aromatic N) is 4. The van der Waals surface area contributed by atoms with E-state index in [1.807, 2.05) is 29.8 Å². The van der Waals surface area contributed by atoms with Crippen molar-refractivity contribution in [2.45, 2.75) is 13.1 Å². The first-order valence-corrected chi connectivity index (χ1v) is 13.2. The number of hydrogen-bond donors (Lipinski definition) is 1. The van der Waals surface area contributed by atoms with Crippen molar-refractivity contribution in [3.8, 4) is 11.1 Å². The summed E-state index contributed by atoms with van der Waals surface area (Å²) in [5.41, 5.74) is 4.69. The summed E-state index contributed by atoms with van der Waals surface area (Å²) in [6.45, 7) is 5.17.